The Morgan fingerprint density at radius 3 is 2.52 bits per heavy atom. The number of hydrogen-bond donors (Lipinski definition) is 2. The third kappa shape index (κ3) is 5.96. The second-order valence-electron chi connectivity index (χ2n) is 8.14. The number of nitrogens with one attached hydrogen (secondary N) is 2. The fraction of sp³-hybridized carbons (Fsp3) is 0.458. The number of para-hydroxylation sites is 3. The zero-order chi connectivity index (χ0) is 20.8. The lowest BCUT2D eigenvalue weighted by molar-refractivity contribution is 0.414. The van der Waals surface area contributed by atoms with Gasteiger partial charge in [0.1, 0.15) is 5.75 Å². The number of nitrogens with zero attached hydrogens (tertiary/aromatic N) is 3. The molecule has 31 heavy (non-hydrogen) atoms. The van der Waals surface area contributed by atoms with E-state index in [4.69, 9.17) is 4.74 Å². The molecule has 7 heteroatoms. The van der Waals surface area contributed by atoms with E-state index in [-0.39, 0.29) is 24.0 Å². The zero-order valence-corrected chi connectivity index (χ0v) is 20.8. The molecule has 2 unspecified atom stereocenters. The monoisotopic (exact) mass is 535 g/mol. The van der Waals surface area contributed by atoms with Crippen LogP contribution >= 0.6 is 24.0 Å². The van der Waals surface area contributed by atoms with E-state index in [2.05, 4.69) is 67.9 Å². The van der Waals surface area contributed by atoms with Crippen molar-refractivity contribution in [2.75, 3.05) is 56.7 Å². The lowest BCUT2D eigenvalue weighted by Crippen LogP contribution is -2.46. The predicted octanol–water partition coefficient (Wildman–Crippen LogP) is 3.58. The van der Waals surface area contributed by atoms with Crippen molar-refractivity contribution in [3.8, 4) is 5.75 Å². The molecule has 0 amide bonds. The van der Waals surface area contributed by atoms with Crippen LogP contribution in [0.2, 0.25) is 0 Å². The second-order valence-corrected chi connectivity index (χ2v) is 8.14. The Morgan fingerprint density at radius 1 is 1.00 bits per heavy atom. The minimum Gasteiger partial charge on any atom is -0.495 e. The maximum Gasteiger partial charge on any atom is 0.191 e. The maximum atomic E-state index is 5.53. The quantitative estimate of drug-likeness (QED) is 0.337. The van der Waals surface area contributed by atoms with Crippen molar-refractivity contribution >= 4 is 41.3 Å². The predicted molar refractivity (Wildman–Crippen MR) is 140 cm³/mol. The summed E-state index contributed by atoms with van der Waals surface area (Å²) >= 11 is 0. The molecule has 2 saturated heterocycles. The van der Waals surface area contributed by atoms with Crippen molar-refractivity contribution in [1.82, 2.24) is 10.6 Å². The Bertz CT molecular complexity index is 847. The van der Waals surface area contributed by atoms with Crippen LogP contribution in [-0.2, 0) is 0 Å². The molecule has 0 bridgehead atoms. The molecule has 0 saturated carbocycles. The van der Waals surface area contributed by atoms with Crippen LogP contribution in [0.25, 0.3) is 0 Å². The van der Waals surface area contributed by atoms with Crippen molar-refractivity contribution in [1.29, 1.82) is 0 Å². The van der Waals surface area contributed by atoms with E-state index in [1.165, 1.54) is 17.8 Å². The maximum absolute atomic E-state index is 5.53. The Balaban J connectivity index is 0.00000272. The lowest BCUT2D eigenvalue weighted by Gasteiger charge is -2.22. The van der Waals surface area contributed by atoms with Gasteiger partial charge in [-0.2, -0.15) is 0 Å². The normalized spacial score (nSPS) is 21.0. The van der Waals surface area contributed by atoms with Crippen molar-refractivity contribution in [3.05, 3.63) is 54.6 Å². The van der Waals surface area contributed by atoms with E-state index < -0.39 is 0 Å². The van der Waals surface area contributed by atoms with Crippen molar-refractivity contribution in [3.63, 3.8) is 0 Å². The summed E-state index contributed by atoms with van der Waals surface area (Å²) in [6, 6.07) is 19.3. The molecule has 168 valence electrons. The molecular weight excluding hydrogens is 501 g/mol. The minimum absolute atomic E-state index is 0. The average Bonchev–Trinajstić information content (AvgIpc) is 3.47. The van der Waals surface area contributed by atoms with Gasteiger partial charge in [-0.1, -0.05) is 30.3 Å². The van der Waals surface area contributed by atoms with E-state index in [9.17, 15) is 0 Å². The molecule has 0 aromatic heterocycles. The van der Waals surface area contributed by atoms with Gasteiger partial charge >= 0.3 is 0 Å². The van der Waals surface area contributed by atoms with Crippen LogP contribution in [0.5, 0.6) is 5.75 Å². The number of anilines is 2. The SMILES string of the molecule is CN=C(NCC1CCN(c2ccccc2OC)C1)NC1CCN(c2ccccc2)C1.I. The van der Waals surface area contributed by atoms with Crippen LogP contribution in [0.1, 0.15) is 12.8 Å². The Kier molecular flexibility index (Phi) is 8.69. The van der Waals surface area contributed by atoms with Crippen LogP contribution in [0.15, 0.2) is 59.6 Å². The van der Waals surface area contributed by atoms with Gasteiger partial charge < -0.3 is 25.2 Å². The van der Waals surface area contributed by atoms with Gasteiger partial charge in [0, 0.05) is 51.5 Å². The Hall–Kier alpha value is -2.16. The molecule has 2 atom stereocenters. The summed E-state index contributed by atoms with van der Waals surface area (Å²) in [7, 11) is 3.60. The number of guanidine groups is 1. The second kappa shape index (κ2) is 11.5. The summed E-state index contributed by atoms with van der Waals surface area (Å²) in [6.07, 6.45) is 2.30. The van der Waals surface area contributed by atoms with Crippen LogP contribution < -0.4 is 25.2 Å². The number of halogens is 1. The molecular formula is C24H34IN5O. The van der Waals surface area contributed by atoms with E-state index in [0.717, 1.165) is 50.9 Å². The first-order valence-electron chi connectivity index (χ1n) is 10.9. The first-order chi connectivity index (χ1) is 14.8. The molecule has 2 aliphatic heterocycles. The molecule has 0 spiro atoms. The van der Waals surface area contributed by atoms with Gasteiger partial charge in [-0.05, 0) is 43.0 Å². The molecule has 2 heterocycles. The number of rotatable bonds is 6. The lowest BCUT2D eigenvalue weighted by atomic mass is 10.1. The van der Waals surface area contributed by atoms with Crippen molar-refractivity contribution < 1.29 is 4.74 Å². The zero-order valence-electron chi connectivity index (χ0n) is 18.5. The molecule has 2 aromatic rings. The molecule has 2 fully saturated rings. The number of methoxy groups -OCH3 is 1. The standard InChI is InChI=1S/C24H33N5O.HI/c1-25-24(27-20-13-15-28(18-20)21-8-4-3-5-9-21)26-16-19-12-14-29(17-19)22-10-6-7-11-23(22)30-2;/h3-11,19-20H,12-18H2,1-2H3,(H2,25,26,27);1H. The minimum atomic E-state index is 0. The first kappa shape index (κ1) is 23.5. The van der Waals surface area contributed by atoms with Crippen LogP contribution in [-0.4, -0.2) is 58.9 Å². The highest BCUT2D eigenvalue weighted by atomic mass is 127. The van der Waals surface area contributed by atoms with Gasteiger partial charge in [0.25, 0.3) is 0 Å². The number of benzene rings is 2. The number of aliphatic imine (C=N–C) groups is 1. The summed E-state index contributed by atoms with van der Waals surface area (Å²) in [5.41, 5.74) is 2.49. The highest BCUT2D eigenvalue weighted by Crippen LogP contribution is 2.31. The van der Waals surface area contributed by atoms with Crippen LogP contribution in [0.3, 0.4) is 0 Å². The van der Waals surface area contributed by atoms with E-state index in [1.54, 1.807) is 7.11 Å². The molecule has 0 aliphatic carbocycles. The fourth-order valence-corrected chi connectivity index (χ4v) is 4.49. The average molecular weight is 535 g/mol. The third-order valence-electron chi connectivity index (χ3n) is 6.14. The van der Waals surface area contributed by atoms with Crippen molar-refractivity contribution in [2.24, 2.45) is 10.9 Å². The van der Waals surface area contributed by atoms with Crippen molar-refractivity contribution in [2.45, 2.75) is 18.9 Å². The van der Waals surface area contributed by atoms with Gasteiger partial charge in [0.15, 0.2) is 5.96 Å². The molecule has 2 aliphatic rings. The third-order valence-corrected chi connectivity index (χ3v) is 6.14. The molecule has 2 aromatic carbocycles. The molecule has 2 N–H and O–H groups in total. The Morgan fingerprint density at radius 2 is 1.74 bits per heavy atom. The van der Waals surface area contributed by atoms with E-state index >= 15 is 0 Å². The summed E-state index contributed by atoms with van der Waals surface area (Å²) < 4.78 is 5.53. The van der Waals surface area contributed by atoms with Crippen LogP contribution in [0.4, 0.5) is 11.4 Å². The summed E-state index contributed by atoms with van der Waals surface area (Å²) in [5.74, 6) is 2.45. The smallest absolute Gasteiger partial charge is 0.191 e. The van der Waals surface area contributed by atoms with Crippen LogP contribution in [0, 0.1) is 5.92 Å². The fourth-order valence-electron chi connectivity index (χ4n) is 4.49. The highest BCUT2D eigenvalue weighted by Gasteiger charge is 2.26. The highest BCUT2D eigenvalue weighted by molar-refractivity contribution is 14.0. The number of hydrogen-bond acceptors (Lipinski definition) is 4. The van der Waals surface area contributed by atoms with E-state index in [1.807, 2.05) is 19.2 Å². The Labute approximate surface area is 203 Å². The van der Waals surface area contributed by atoms with Gasteiger partial charge in [0.05, 0.1) is 12.8 Å². The molecule has 0 radical (unpaired) electrons. The molecule has 6 nitrogen and oxygen atoms in total. The van der Waals surface area contributed by atoms with E-state index in [0.29, 0.717) is 12.0 Å². The van der Waals surface area contributed by atoms with Gasteiger partial charge in [-0.3, -0.25) is 4.99 Å². The summed E-state index contributed by atoms with van der Waals surface area (Å²) in [5, 5.41) is 7.17. The summed E-state index contributed by atoms with van der Waals surface area (Å²) in [4.78, 5) is 9.32. The topological polar surface area (TPSA) is 52.1 Å². The summed E-state index contributed by atoms with van der Waals surface area (Å²) in [6.45, 7) is 5.12. The first-order valence-corrected chi connectivity index (χ1v) is 10.9. The molecule has 4 rings (SSSR count). The number of ether oxygens (including phenoxy) is 1. The van der Waals surface area contributed by atoms with Gasteiger partial charge in [0.2, 0.25) is 0 Å². The van der Waals surface area contributed by atoms with Gasteiger partial charge in [-0.15, -0.1) is 24.0 Å². The van der Waals surface area contributed by atoms with Gasteiger partial charge in [-0.25, -0.2) is 0 Å². The largest absolute Gasteiger partial charge is 0.495 e.